The van der Waals surface area contributed by atoms with Gasteiger partial charge in [-0.05, 0) is 48.7 Å². The number of rotatable bonds is 5. The Balaban J connectivity index is 1.29. The number of carbonyl (C=O) groups excluding carboxylic acids is 2. The molecule has 3 aromatic rings. The fourth-order valence-corrected chi connectivity index (χ4v) is 4.78. The molecule has 1 N–H and O–H groups in total. The number of hydrogen-bond acceptors (Lipinski definition) is 4. The summed E-state index contributed by atoms with van der Waals surface area (Å²) < 4.78 is 7.40. The van der Waals surface area contributed by atoms with Crippen LogP contribution in [0.5, 0.6) is 5.75 Å². The van der Waals surface area contributed by atoms with Crippen molar-refractivity contribution in [2.75, 3.05) is 25.0 Å². The smallest absolute Gasteiger partial charge is 0.274 e. The van der Waals surface area contributed by atoms with E-state index in [0.29, 0.717) is 30.9 Å². The molecule has 2 unspecified atom stereocenters. The normalized spacial score (nSPS) is 18.8. The summed E-state index contributed by atoms with van der Waals surface area (Å²) in [6, 6.07) is 21.7. The van der Waals surface area contributed by atoms with Gasteiger partial charge in [0.1, 0.15) is 11.4 Å². The van der Waals surface area contributed by atoms with Gasteiger partial charge in [-0.25, -0.2) is 0 Å². The molecule has 2 bridgehead atoms. The minimum absolute atomic E-state index is 0.000709. The third-order valence-electron chi connectivity index (χ3n) is 6.35. The average molecular weight is 444 g/mol. The Kier molecular flexibility index (Phi) is 5.69. The van der Waals surface area contributed by atoms with Gasteiger partial charge in [0.05, 0.1) is 0 Å². The van der Waals surface area contributed by atoms with Crippen molar-refractivity contribution < 1.29 is 14.3 Å². The molecule has 0 spiro atoms. The molecule has 1 aromatic heterocycles. The number of nitrogens with zero attached hydrogens (tertiary/aromatic N) is 2. The largest absolute Gasteiger partial charge is 0.484 e. The molecule has 2 amide bonds. The standard InChI is InChI=1S/C26H25N3O4/c30-24(17-33-21-9-5-2-6-10-21)28-14-18-13-20(16-28)23-12-11-22(26(32)29(23)15-18)27-25(31)19-7-3-1-4-8-19/h1-12,18,20H,13-17H2,(H,27,31). The number of hydrogen-bond donors (Lipinski definition) is 1. The summed E-state index contributed by atoms with van der Waals surface area (Å²) in [5, 5.41) is 2.75. The van der Waals surface area contributed by atoms with Gasteiger partial charge in [0.25, 0.3) is 17.4 Å². The molecule has 1 fully saturated rings. The topological polar surface area (TPSA) is 80.6 Å². The van der Waals surface area contributed by atoms with Crippen molar-refractivity contribution >= 4 is 17.5 Å². The monoisotopic (exact) mass is 443 g/mol. The number of aromatic nitrogens is 1. The van der Waals surface area contributed by atoms with Crippen LogP contribution in [0.25, 0.3) is 0 Å². The first-order valence-electron chi connectivity index (χ1n) is 11.1. The summed E-state index contributed by atoms with van der Waals surface area (Å²) in [5.41, 5.74) is 1.49. The van der Waals surface area contributed by atoms with Crippen LogP contribution in [0.15, 0.2) is 77.6 Å². The van der Waals surface area contributed by atoms with E-state index in [1.807, 2.05) is 47.4 Å². The van der Waals surface area contributed by atoms with Crippen LogP contribution in [0.2, 0.25) is 0 Å². The van der Waals surface area contributed by atoms with Gasteiger partial charge in [0.2, 0.25) is 0 Å². The summed E-state index contributed by atoms with van der Waals surface area (Å²) in [6.07, 6.45) is 0.943. The lowest BCUT2D eigenvalue weighted by Crippen LogP contribution is -2.50. The van der Waals surface area contributed by atoms with Crippen molar-refractivity contribution in [2.45, 2.75) is 18.9 Å². The molecular weight excluding hydrogens is 418 g/mol. The molecule has 33 heavy (non-hydrogen) atoms. The van der Waals surface area contributed by atoms with E-state index in [0.717, 1.165) is 12.1 Å². The fourth-order valence-electron chi connectivity index (χ4n) is 4.78. The maximum absolute atomic E-state index is 13.1. The number of carbonyl (C=O) groups is 2. The number of amides is 2. The van der Waals surface area contributed by atoms with Gasteiger partial charge < -0.3 is 19.5 Å². The van der Waals surface area contributed by atoms with Crippen LogP contribution < -0.4 is 15.6 Å². The van der Waals surface area contributed by atoms with E-state index in [1.54, 1.807) is 34.9 Å². The first-order valence-corrected chi connectivity index (χ1v) is 11.1. The Morgan fingerprint density at radius 2 is 1.64 bits per heavy atom. The van der Waals surface area contributed by atoms with Crippen molar-refractivity contribution in [1.29, 1.82) is 0 Å². The van der Waals surface area contributed by atoms with Gasteiger partial charge in [0.15, 0.2) is 6.61 Å². The summed E-state index contributed by atoms with van der Waals surface area (Å²) >= 11 is 0. The highest BCUT2D eigenvalue weighted by Crippen LogP contribution is 2.35. The Morgan fingerprint density at radius 3 is 2.39 bits per heavy atom. The number of pyridine rings is 1. The van der Waals surface area contributed by atoms with Gasteiger partial charge in [0, 0.05) is 36.8 Å². The highest BCUT2D eigenvalue weighted by Gasteiger charge is 2.36. The van der Waals surface area contributed by atoms with Crippen LogP contribution in [0.1, 0.15) is 28.4 Å². The second kappa shape index (κ2) is 8.94. The Labute approximate surface area is 191 Å². The van der Waals surface area contributed by atoms with Crippen molar-refractivity contribution in [3.8, 4) is 5.75 Å². The Bertz CT molecular complexity index is 1220. The molecule has 2 aliphatic rings. The molecule has 5 rings (SSSR count). The van der Waals surface area contributed by atoms with Crippen molar-refractivity contribution in [3.05, 3.63) is 94.4 Å². The van der Waals surface area contributed by atoms with E-state index >= 15 is 0 Å². The predicted molar refractivity (Wildman–Crippen MR) is 124 cm³/mol. The van der Waals surface area contributed by atoms with E-state index in [1.165, 1.54) is 0 Å². The Hall–Kier alpha value is -3.87. The molecule has 0 aliphatic carbocycles. The quantitative estimate of drug-likeness (QED) is 0.657. The van der Waals surface area contributed by atoms with E-state index in [4.69, 9.17) is 4.74 Å². The lowest BCUT2D eigenvalue weighted by atomic mass is 9.83. The number of fused-ring (bicyclic) bond motifs is 4. The molecule has 2 aliphatic heterocycles. The summed E-state index contributed by atoms with van der Waals surface area (Å²) in [4.78, 5) is 40.3. The molecule has 2 atom stereocenters. The highest BCUT2D eigenvalue weighted by molar-refractivity contribution is 6.04. The molecular formula is C26H25N3O4. The first-order chi connectivity index (χ1) is 16.1. The Morgan fingerprint density at radius 1 is 0.909 bits per heavy atom. The van der Waals surface area contributed by atoms with Gasteiger partial charge >= 0.3 is 0 Å². The van der Waals surface area contributed by atoms with Crippen molar-refractivity contribution in [3.63, 3.8) is 0 Å². The predicted octanol–water partition coefficient (Wildman–Crippen LogP) is 3.13. The number of para-hydroxylation sites is 1. The van der Waals surface area contributed by atoms with Crippen molar-refractivity contribution in [1.82, 2.24) is 9.47 Å². The molecule has 168 valence electrons. The van der Waals surface area contributed by atoms with E-state index in [-0.39, 0.29) is 41.5 Å². The number of piperidine rings is 1. The van der Waals surface area contributed by atoms with Crippen LogP contribution in [-0.4, -0.2) is 41.0 Å². The van der Waals surface area contributed by atoms with Gasteiger partial charge in [-0.3, -0.25) is 14.4 Å². The van der Waals surface area contributed by atoms with Crippen LogP contribution in [-0.2, 0) is 11.3 Å². The zero-order valence-electron chi connectivity index (χ0n) is 18.1. The maximum atomic E-state index is 13.1. The number of likely N-dealkylation sites (tertiary alicyclic amines) is 1. The average Bonchev–Trinajstić information content (AvgIpc) is 2.85. The minimum atomic E-state index is -0.306. The first kappa shape index (κ1) is 21.0. The minimum Gasteiger partial charge on any atom is -0.484 e. The molecule has 7 heteroatoms. The highest BCUT2D eigenvalue weighted by atomic mass is 16.5. The van der Waals surface area contributed by atoms with Gasteiger partial charge in [-0.15, -0.1) is 0 Å². The van der Waals surface area contributed by atoms with Gasteiger partial charge in [-0.1, -0.05) is 36.4 Å². The second-order valence-corrected chi connectivity index (χ2v) is 8.61. The molecule has 7 nitrogen and oxygen atoms in total. The number of nitrogens with one attached hydrogen (secondary N) is 1. The van der Waals surface area contributed by atoms with Crippen LogP contribution in [0, 0.1) is 5.92 Å². The maximum Gasteiger partial charge on any atom is 0.274 e. The van der Waals surface area contributed by atoms with Crippen molar-refractivity contribution in [2.24, 2.45) is 5.92 Å². The number of anilines is 1. The zero-order valence-corrected chi connectivity index (χ0v) is 18.1. The molecule has 0 radical (unpaired) electrons. The molecule has 2 aromatic carbocycles. The van der Waals surface area contributed by atoms with E-state index in [9.17, 15) is 14.4 Å². The van der Waals surface area contributed by atoms with Crippen LogP contribution in [0.4, 0.5) is 5.69 Å². The number of ether oxygens (including phenoxy) is 1. The lowest BCUT2D eigenvalue weighted by Gasteiger charge is -2.42. The summed E-state index contributed by atoms with van der Waals surface area (Å²) in [5.74, 6) is 0.597. The molecule has 3 heterocycles. The molecule has 0 saturated carbocycles. The third-order valence-corrected chi connectivity index (χ3v) is 6.35. The molecule has 1 saturated heterocycles. The third kappa shape index (κ3) is 4.39. The van der Waals surface area contributed by atoms with Crippen LogP contribution >= 0.6 is 0 Å². The van der Waals surface area contributed by atoms with Gasteiger partial charge in [-0.2, -0.15) is 0 Å². The summed E-state index contributed by atoms with van der Waals surface area (Å²) in [6.45, 7) is 1.69. The zero-order chi connectivity index (χ0) is 22.8. The lowest BCUT2D eigenvalue weighted by molar-refractivity contribution is -0.136. The summed E-state index contributed by atoms with van der Waals surface area (Å²) in [7, 11) is 0. The van der Waals surface area contributed by atoms with E-state index in [2.05, 4.69) is 5.32 Å². The van der Waals surface area contributed by atoms with Crippen LogP contribution in [0.3, 0.4) is 0 Å². The van der Waals surface area contributed by atoms with E-state index < -0.39 is 0 Å². The number of benzene rings is 2. The SMILES string of the molecule is O=C(Nc1ccc2n(c1=O)CC1CC2CN(C(=O)COc2ccccc2)C1)c1ccccc1. The fraction of sp³-hybridized carbons (Fsp3) is 0.269. The second-order valence-electron chi connectivity index (χ2n) is 8.61.